The number of nitrogens with two attached hydrogens (primary N) is 1. The Balaban J connectivity index is 0.000000256. The highest BCUT2D eigenvalue weighted by molar-refractivity contribution is 5.85. The zero-order valence-corrected chi connectivity index (χ0v) is 44.4. The van der Waals surface area contributed by atoms with Crippen LogP contribution in [0.15, 0.2) is 141 Å². The standard InChI is InChI=1S/C30H28F3N5O3.C27H25F3N6O2.ClH/c1-20(39)8-5-3-4-6-17-36-28(40)27(26-15-16-35-38(26)24-13-11-22(19-34)12-14-24)21(2)37(29(36)41)25-10-7-9-23(18-25)30(31,32)33;1-18-24(23-12-14-33-36(23)21-10-8-19(17-32)9-11-21)25(37)34(15-4-2-3-13-31)26(38)35(18)22-7-5-6-20(16-22)27(28,29)30;/h7,9-16,18H,3-6,8,17H2,1-2H3;5-12,14,16H,2-4,13,15,31H2,1H3;1H. The zero-order chi connectivity index (χ0) is 57.2. The minimum absolute atomic E-state index is 0. The number of nitriles is 2. The van der Waals surface area contributed by atoms with Gasteiger partial charge < -0.3 is 10.5 Å². The van der Waals surface area contributed by atoms with E-state index in [1.165, 1.54) is 66.8 Å². The third-order valence-corrected chi connectivity index (χ3v) is 13.0. The van der Waals surface area contributed by atoms with Crippen LogP contribution in [0.2, 0.25) is 0 Å². The predicted molar refractivity (Wildman–Crippen MR) is 291 cm³/mol. The molecular formula is C57H54ClF6N11O5. The largest absolute Gasteiger partial charge is 0.416 e. The minimum atomic E-state index is -4.63. The summed E-state index contributed by atoms with van der Waals surface area (Å²) in [6.07, 6.45) is -1.38. The van der Waals surface area contributed by atoms with E-state index in [4.69, 9.17) is 16.3 Å². The van der Waals surface area contributed by atoms with Crippen LogP contribution in [-0.4, -0.2) is 50.2 Å². The molecule has 80 heavy (non-hydrogen) atoms. The number of carbonyl (C=O) groups is 1. The quantitative estimate of drug-likeness (QED) is 0.0634. The van der Waals surface area contributed by atoms with E-state index in [2.05, 4.69) is 10.2 Å². The molecule has 4 aromatic carbocycles. The van der Waals surface area contributed by atoms with Crippen molar-refractivity contribution in [3.05, 3.63) is 197 Å². The molecule has 0 saturated carbocycles. The third kappa shape index (κ3) is 13.5. The lowest BCUT2D eigenvalue weighted by atomic mass is 10.1. The van der Waals surface area contributed by atoms with Crippen LogP contribution in [0.3, 0.4) is 0 Å². The van der Waals surface area contributed by atoms with Crippen molar-refractivity contribution in [3.8, 4) is 57.4 Å². The molecule has 0 aliphatic rings. The lowest BCUT2D eigenvalue weighted by Gasteiger charge is -2.19. The first-order valence-electron chi connectivity index (χ1n) is 25.1. The van der Waals surface area contributed by atoms with Crippen molar-refractivity contribution in [2.24, 2.45) is 5.73 Å². The molecule has 0 unspecified atom stereocenters. The van der Waals surface area contributed by atoms with Gasteiger partial charge in [0.1, 0.15) is 5.78 Å². The topological polar surface area (TPSA) is 214 Å². The molecule has 23 heteroatoms. The van der Waals surface area contributed by atoms with Crippen LogP contribution in [-0.2, 0) is 30.2 Å². The Labute approximate surface area is 460 Å². The van der Waals surface area contributed by atoms with E-state index in [1.54, 1.807) is 60.7 Å². The number of halogens is 7. The summed E-state index contributed by atoms with van der Waals surface area (Å²) in [4.78, 5) is 66.0. The number of unbranched alkanes of at least 4 members (excludes halogenated alkanes) is 5. The van der Waals surface area contributed by atoms with Crippen molar-refractivity contribution in [2.45, 2.75) is 97.6 Å². The molecule has 4 aromatic heterocycles. The molecule has 0 aliphatic carbocycles. The number of Topliss-reactive ketones (excluding diaryl/α,β-unsaturated/α-hetero) is 1. The Bertz CT molecular complexity index is 3840. The molecule has 4 heterocycles. The Kier molecular flexibility index (Phi) is 19.8. The van der Waals surface area contributed by atoms with Gasteiger partial charge >= 0.3 is 23.7 Å². The van der Waals surface area contributed by atoms with Crippen molar-refractivity contribution in [1.29, 1.82) is 10.5 Å². The molecule has 416 valence electrons. The summed E-state index contributed by atoms with van der Waals surface area (Å²) in [5, 5.41) is 26.9. The summed E-state index contributed by atoms with van der Waals surface area (Å²) in [6.45, 7) is 5.15. The fraction of sp³-hybridized carbons (Fsp3) is 0.281. The van der Waals surface area contributed by atoms with E-state index in [1.807, 2.05) is 12.1 Å². The van der Waals surface area contributed by atoms with E-state index in [0.29, 0.717) is 85.4 Å². The van der Waals surface area contributed by atoms with Crippen LogP contribution in [0.1, 0.15) is 91.9 Å². The highest BCUT2D eigenvalue weighted by atomic mass is 35.5. The Morgan fingerprint density at radius 2 is 0.938 bits per heavy atom. The summed E-state index contributed by atoms with van der Waals surface area (Å²) in [5.41, 5.74) is 4.32. The summed E-state index contributed by atoms with van der Waals surface area (Å²) in [5.74, 6) is 0.0900. The molecular weight excluding hydrogens is 1070 g/mol. The lowest BCUT2D eigenvalue weighted by molar-refractivity contribution is -0.138. The van der Waals surface area contributed by atoms with Crippen molar-refractivity contribution in [2.75, 3.05) is 6.54 Å². The van der Waals surface area contributed by atoms with Crippen LogP contribution in [0.4, 0.5) is 26.3 Å². The first-order chi connectivity index (χ1) is 37.7. The number of ketones is 1. The molecule has 0 spiro atoms. The first-order valence-corrected chi connectivity index (χ1v) is 25.1. The minimum Gasteiger partial charge on any atom is -0.330 e. The van der Waals surface area contributed by atoms with Gasteiger partial charge in [0.15, 0.2) is 0 Å². The average Bonchev–Trinajstić information content (AvgIpc) is 4.19. The van der Waals surface area contributed by atoms with Crippen LogP contribution < -0.4 is 28.2 Å². The van der Waals surface area contributed by atoms with Gasteiger partial charge in [0, 0.05) is 30.9 Å². The van der Waals surface area contributed by atoms with Gasteiger partial charge in [-0.15, -0.1) is 12.4 Å². The van der Waals surface area contributed by atoms with Crippen LogP contribution >= 0.6 is 12.4 Å². The van der Waals surface area contributed by atoms with Crippen LogP contribution in [0.25, 0.3) is 45.3 Å². The second kappa shape index (κ2) is 26.2. The maximum atomic E-state index is 13.9. The fourth-order valence-corrected chi connectivity index (χ4v) is 9.08. The molecule has 0 saturated heterocycles. The highest BCUT2D eigenvalue weighted by Gasteiger charge is 2.33. The lowest BCUT2D eigenvalue weighted by Crippen LogP contribution is -2.41. The second-order valence-corrected chi connectivity index (χ2v) is 18.5. The van der Waals surface area contributed by atoms with E-state index >= 15 is 0 Å². The smallest absolute Gasteiger partial charge is 0.330 e. The number of hydrogen-bond donors (Lipinski definition) is 1. The number of hydrogen-bond acceptors (Lipinski definition) is 10. The highest BCUT2D eigenvalue weighted by Crippen LogP contribution is 2.33. The maximum absolute atomic E-state index is 13.9. The summed E-state index contributed by atoms with van der Waals surface area (Å²) in [7, 11) is 0. The molecule has 8 aromatic rings. The molecule has 0 amide bonds. The monoisotopic (exact) mass is 1120 g/mol. The van der Waals surface area contributed by atoms with Gasteiger partial charge in [0.25, 0.3) is 11.1 Å². The number of alkyl halides is 6. The molecule has 0 fully saturated rings. The summed E-state index contributed by atoms with van der Waals surface area (Å²) in [6, 6.07) is 29.2. The van der Waals surface area contributed by atoms with Crippen LogP contribution in [0, 0.1) is 36.5 Å². The van der Waals surface area contributed by atoms with Crippen molar-refractivity contribution in [3.63, 3.8) is 0 Å². The molecule has 16 nitrogen and oxygen atoms in total. The molecule has 8 rings (SSSR count). The van der Waals surface area contributed by atoms with Gasteiger partial charge in [0.2, 0.25) is 0 Å². The first kappa shape index (κ1) is 60.4. The SMILES string of the molecule is CC(=O)CCCCCCn1c(=O)c(-c2ccnn2-c2ccc(C#N)cc2)c(C)n(-c2cccc(C(F)(F)F)c2)c1=O.Cc1c(-c2ccnn2-c2ccc(C#N)cc2)c(=O)n(CCCCCN)c(=O)n1-c1cccc(C(F)(F)F)c1.Cl. The predicted octanol–water partition coefficient (Wildman–Crippen LogP) is 10.2. The number of nitrogens with zero attached hydrogens (tertiary/aromatic N) is 10. The molecule has 2 N–H and O–H groups in total. The van der Waals surface area contributed by atoms with E-state index in [0.717, 1.165) is 49.0 Å². The fourth-order valence-electron chi connectivity index (χ4n) is 9.08. The van der Waals surface area contributed by atoms with Gasteiger partial charge in [-0.2, -0.15) is 47.1 Å². The zero-order valence-electron chi connectivity index (χ0n) is 43.6. The summed E-state index contributed by atoms with van der Waals surface area (Å²) >= 11 is 0. The van der Waals surface area contributed by atoms with Gasteiger partial charge in [-0.3, -0.25) is 27.9 Å². The van der Waals surface area contributed by atoms with Gasteiger partial charge in [-0.1, -0.05) is 31.4 Å². The Morgan fingerprint density at radius 1 is 0.550 bits per heavy atom. The van der Waals surface area contributed by atoms with E-state index < -0.39 is 46.0 Å². The molecule has 0 atom stereocenters. The molecule has 0 bridgehead atoms. The van der Waals surface area contributed by atoms with Gasteiger partial charge in [0.05, 0.1) is 92.1 Å². The number of rotatable bonds is 18. The number of carbonyl (C=O) groups excluding carboxylic acids is 1. The van der Waals surface area contributed by atoms with E-state index in [9.17, 15) is 50.3 Å². The van der Waals surface area contributed by atoms with Crippen LogP contribution in [0.5, 0.6) is 0 Å². The normalized spacial score (nSPS) is 11.3. The van der Waals surface area contributed by atoms with Crippen molar-refractivity contribution in [1.82, 2.24) is 37.8 Å². The average molecular weight is 1120 g/mol. The van der Waals surface area contributed by atoms with Crippen molar-refractivity contribution < 1.29 is 31.1 Å². The Morgan fingerprint density at radius 3 is 1.30 bits per heavy atom. The third-order valence-electron chi connectivity index (χ3n) is 13.0. The van der Waals surface area contributed by atoms with Gasteiger partial charge in [-0.05, 0) is 150 Å². The van der Waals surface area contributed by atoms with Crippen molar-refractivity contribution >= 4 is 18.2 Å². The number of benzene rings is 4. The maximum Gasteiger partial charge on any atom is 0.416 e. The molecule has 0 aliphatic heterocycles. The second-order valence-electron chi connectivity index (χ2n) is 18.5. The van der Waals surface area contributed by atoms with E-state index in [-0.39, 0.29) is 65.2 Å². The Hall–Kier alpha value is -8.86. The number of aromatic nitrogens is 8. The molecule has 0 radical (unpaired) electrons. The summed E-state index contributed by atoms with van der Waals surface area (Å²) < 4.78 is 88.4. The van der Waals surface area contributed by atoms with Gasteiger partial charge in [-0.25, -0.2) is 19.0 Å².